The molecule has 0 spiro atoms. The SMILES string of the molecule is CCCCCCCC/C=C\CCCCCCCC(=O)NC(CS(=O)(=O)O)C(O)/C=C/CC/C=C/CCCCCCCC. The molecule has 0 saturated carbocycles. The van der Waals surface area contributed by atoms with Gasteiger partial charge in [0.15, 0.2) is 0 Å². The third-order valence-corrected chi connectivity index (χ3v) is 8.32. The molecule has 42 heavy (non-hydrogen) atoms. The summed E-state index contributed by atoms with van der Waals surface area (Å²) in [6, 6.07) is -1.07. The average Bonchev–Trinajstić information content (AvgIpc) is 2.94. The Balaban J connectivity index is 4.09. The molecule has 0 aliphatic rings. The minimum absolute atomic E-state index is 0.278. The van der Waals surface area contributed by atoms with Crippen LogP contribution in [-0.4, -0.2) is 41.9 Å². The summed E-state index contributed by atoms with van der Waals surface area (Å²) in [5.74, 6) is -1.01. The zero-order valence-electron chi connectivity index (χ0n) is 27.1. The second-order valence-electron chi connectivity index (χ2n) is 11.8. The van der Waals surface area contributed by atoms with Crippen molar-refractivity contribution in [1.29, 1.82) is 0 Å². The highest BCUT2D eigenvalue weighted by molar-refractivity contribution is 7.85. The minimum Gasteiger partial charge on any atom is -0.387 e. The summed E-state index contributed by atoms with van der Waals surface area (Å²) in [4.78, 5) is 12.4. The zero-order valence-corrected chi connectivity index (χ0v) is 27.9. The number of carbonyl (C=O) groups excluding carboxylic acids is 1. The molecule has 246 valence electrons. The van der Waals surface area contributed by atoms with Gasteiger partial charge < -0.3 is 10.4 Å². The van der Waals surface area contributed by atoms with Gasteiger partial charge in [-0.2, -0.15) is 8.42 Å². The molecule has 3 N–H and O–H groups in total. The summed E-state index contributed by atoms with van der Waals surface area (Å²) < 4.78 is 32.2. The fourth-order valence-electron chi connectivity index (χ4n) is 4.93. The third-order valence-electron chi connectivity index (χ3n) is 7.54. The molecular formula is C35H65NO5S. The van der Waals surface area contributed by atoms with E-state index in [1.807, 2.05) is 0 Å². The lowest BCUT2D eigenvalue weighted by molar-refractivity contribution is -0.122. The molecule has 0 rings (SSSR count). The van der Waals surface area contributed by atoms with Gasteiger partial charge in [-0.25, -0.2) is 0 Å². The molecule has 0 aromatic rings. The van der Waals surface area contributed by atoms with Crippen molar-refractivity contribution < 1.29 is 22.9 Å². The maximum atomic E-state index is 12.4. The number of carbonyl (C=O) groups is 1. The van der Waals surface area contributed by atoms with E-state index >= 15 is 0 Å². The van der Waals surface area contributed by atoms with Crippen molar-refractivity contribution in [3.8, 4) is 0 Å². The fourth-order valence-corrected chi connectivity index (χ4v) is 5.66. The molecule has 1 amide bonds. The fraction of sp³-hybridized carbons (Fsp3) is 0.800. The van der Waals surface area contributed by atoms with Gasteiger partial charge in [0.05, 0.1) is 17.9 Å². The van der Waals surface area contributed by atoms with E-state index in [9.17, 15) is 22.9 Å². The number of aliphatic hydroxyl groups excluding tert-OH is 1. The predicted molar refractivity (Wildman–Crippen MR) is 179 cm³/mol. The largest absolute Gasteiger partial charge is 0.387 e. The third kappa shape index (κ3) is 30.0. The second kappa shape index (κ2) is 29.6. The molecule has 0 aromatic heterocycles. The van der Waals surface area contributed by atoms with E-state index in [2.05, 4.69) is 43.5 Å². The first-order valence-electron chi connectivity index (χ1n) is 17.2. The lowest BCUT2D eigenvalue weighted by atomic mass is 10.1. The van der Waals surface area contributed by atoms with Crippen molar-refractivity contribution in [3.63, 3.8) is 0 Å². The summed E-state index contributed by atoms with van der Waals surface area (Å²) >= 11 is 0. The van der Waals surface area contributed by atoms with Gasteiger partial charge >= 0.3 is 0 Å². The van der Waals surface area contributed by atoms with Gasteiger partial charge in [-0.15, -0.1) is 0 Å². The van der Waals surface area contributed by atoms with Gasteiger partial charge in [0, 0.05) is 6.42 Å². The Morgan fingerprint density at radius 3 is 1.50 bits per heavy atom. The van der Waals surface area contributed by atoms with Crippen LogP contribution in [-0.2, 0) is 14.9 Å². The smallest absolute Gasteiger partial charge is 0.267 e. The van der Waals surface area contributed by atoms with Gasteiger partial charge in [-0.3, -0.25) is 9.35 Å². The van der Waals surface area contributed by atoms with Crippen LogP contribution >= 0.6 is 0 Å². The molecule has 0 radical (unpaired) electrons. The summed E-state index contributed by atoms with van der Waals surface area (Å²) in [5.41, 5.74) is 0. The van der Waals surface area contributed by atoms with Crippen molar-refractivity contribution in [3.05, 3.63) is 36.5 Å². The minimum atomic E-state index is -4.35. The van der Waals surface area contributed by atoms with E-state index in [0.29, 0.717) is 6.42 Å². The van der Waals surface area contributed by atoms with Crippen LogP contribution in [0.5, 0.6) is 0 Å². The van der Waals surface area contributed by atoms with Gasteiger partial charge in [-0.05, 0) is 57.8 Å². The standard InChI is InChI=1S/C35H65NO5S/c1-3-5-7-9-11-13-15-17-18-19-21-23-25-27-29-31-35(38)36-33(32-42(39,40)41)34(37)30-28-26-24-22-20-16-14-12-10-8-6-4-2/h17-18,20,22,28,30,33-34,37H,3-16,19,21,23-27,29,31-32H2,1-2H3,(H,36,38)(H,39,40,41)/b18-17-,22-20+,30-28+. The van der Waals surface area contributed by atoms with Gasteiger partial charge in [0.25, 0.3) is 10.1 Å². The van der Waals surface area contributed by atoms with E-state index in [4.69, 9.17) is 0 Å². The van der Waals surface area contributed by atoms with Crippen LogP contribution in [0.2, 0.25) is 0 Å². The Labute approximate surface area is 259 Å². The molecule has 0 fully saturated rings. The van der Waals surface area contributed by atoms with Crippen molar-refractivity contribution in [2.24, 2.45) is 0 Å². The lowest BCUT2D eigenvalue weighted by Crippen LogP contribution is -2.46. The molecule has 2 atom stereocenters. The van der Waals surface area contributed by atoms with E-state index in [-0.39, 0.29) is 12.3 Å². The predicted octanol–water partition coefficient (Wildman–Crippen LogP) is 9.40. The molecule has 0 saturated heterocycles. The number of nitrogens with one attached hydrogen (secondary N) is 1. The number of rotatable bonds is 30. The van der Waals surface area contributed by atoms with Crippen molar-refractivity contribution in [2.75, 3.05) is 5.75 Å². The monoisotopic (exact) mass is 611 g/mol. The maximum Gasteiger partial charge on any atom is 0.267 e. The lowest BCUT2D eigenvalue weighted by Gasteiger charge is -2.21. The van der Waals surface area contributed by atoms with Crippen molar-refractivity contribution in [1.82, 2.24) is 5.32 Å². The van der Waals surface area contributed by atoms with Crippen molar-refractivity contribution in [2.45, 2.75) is 174 Å². The highest BCUT2D eigenvalue weighted by Gasteiger charge is 2.24. The molecule has 0 heterocycles. The molecule has 6 nitrogen and oxygen atoms in total. The van der Waals surface area contributed by atoms with Gasteiger partial charge in [0.1, 0.15) is 0 Å². The molecule has 0 aliphatic carbocycles. The number of aliphatic hydroxyl groups is 1. The average molecular weight is 612 g/mol. The Kier molecular flexibility index (Phi) is 28.6. The Bertz CT molecular complexity index is 806. The van der Waals surface area contributed by atoms with Crippen LogP contribution in [0.15, 0.2) is 36.5 Å². The van der Waals surface area contributed by atoms with Crippen LogP contribution < -0.4 is 5.32 Å². The van der Waals surface area contributed by atoms with Crippen LogP contribution in [0.4, 0.5) is 0 Å². The second-order valence-corrected chi connectivity index (χ2v) is 13.3. The molecular weight excluding hydrogens is 546 g/mol. The number of allylic oxidation sites excluding steroid dienone is 5. The molecule has 7 heteroatoms. The Morgan fingerprint density at radius 2 is 1.02 bits per heavy atom. The maximum absolute atomic E-state index is 12.4. The van der Waals surface area contributed by atoms with Crippen LogP contribution in [0, 0.1) is 0 Å². The molecule has 0 aromatic carbocycles. The van der Waals surface area contributed by atoms with E-state index in [1.54, 1.807) is 6.08 Å². The van der Waals surface area contributed by atoms with Crippen LogP contribution in [0.1, 0.15) is 162 Å². The van der Waals surface area contributed by atoms with E-state index in [1.165, 1.54) is 89.5 Å². The number of hydrogen-bond acceptors (Lipinski definition) is 4. The van der Waals surface area contributed by atoms with Crippen LogP contribution in [0.25, 0.3) is 0 Å². The van der Waals surface area contributed by atoms with Gasteiger partial charge in [-0.1, -0.05) is 134 Å². The summed E-state index contributed by atoms with van der Waals surface area (Å²) in [6.07, 6.45) is 37.0. The Hall–Kier alpha value is -1.44. The number of amides is 1. The molecule has 0 bridgehead atoms. The number of hydrogen-bond donors (Lipinski definition) is 3. The number of unbranched alkanes of at least 4 members (excludes halogenated alkanes) is 18. The van der Waals surface area contributed by atoms with E-state index in [0.717, 1.165) is 51.4 Å². The first-order valence-corrected chi connectivity index (χ1v) is 18.8. The summed E-state index contributed by atoms with van der Waals surface area (Å²) in [7, 11) is -4.35. The topological polar surface area (TPSA) is 104 Å². The van der Waals surface area contributed by atoms with Gasteiger partial charge in [0.2, 0.25) is 5.91 Å². The zero-order chi connectivity index (χ0) is 31.2. The molecule has 0 aliphatic heterocycles. The Morgan fingerprint density at radius 1 is 0.619 bits per heavy atom. The van der Waals surface area contributed by atoms with Crippen molar-refractivity contribution >= 4 is 16.0 Å². The summed E-state index contributed by atoms with van der Waals surface area (Å²) in [6.45, 7) is 4.47. The normalized spacial score (nSPS) is 13.9. The summed E-state index contributed by atoms with van der Waals surface area (Å²) in [5, 5.41) is 13.1. The molecule has 2 unspecified atom stereocenters. The van der Waals surface area contributed by atoms with Crippen LogP contribution in [0.3, 0.4) is 0 Å². The first kappa shape index (κ1) is 40.6. The quantitative estimate of drug-likeness (QED) is 0.0426. The highest BCUT2D eigenvalue weighted by atomic mass is 32.2. The van der Waals surface area contributed by atoms with E-state index < -0.39 is 28.0 Å². The first-order chi connectivity index (χ1) is 20.3. The highest BCUT2D eigenvalue weighted by Crippen LogP contribution is 2.11.